The van der Waals surface area contributed by atoms with E-state index in [9.17, 15) is 13.2 Å². The normalized spacial score (nSPS) is 19.2. The average Bonchev–Trinajstić information content (AvgIpc) is 3.33. The number of carbonyl (C=O) groups is 1. The molecule has 1 unspecified atom stereocenters. The van der Waals surface area contributed by atoms with Crippen molar-refractivity contribution in [1.29, 1.82) is 0 Å². The zero-order chi connectivity index (χ0) is 18.3. The maximum absolute atomic E-state index is 12.8. The molecule has 0 saturated heterocycles. The van der Waals surface area contributed by atoms with E-state index < -0.39 is 10.0 Å². The summed E-state index contributed by atoms with van der Waals surface area (Å²) in [6, 6.07) is 12.9. The highest BCUT2D eigenvalue weighted by Gasteiger charge is 2.29. The van der Waals surface area contributed by atoms with E-state index in [4.69, 9.17) is 0 Å². The molecular formula is C20H22N2O3S. The van der Waals surface area contributed by atoms with Crippen LogP contribution in [0, 0.1) is 6.92 Å². The first-order valence-corrected chi connectivity index (χ1v) is 10.4. The molecule has 1 fully saturated rings. The van der Waals surface area contributed by atoms with Crippen LogP contribution in [0.4, 0.5) is 0 Å². The molecule has 2 aliphatic carbocycles. The summed E-state index contributed by atoms with van der Waals surface area (Å²) in [6.07, 6.45) is 3.56. The van der Waals surface area contributed by atoms with Crippen LogP contribution in [-0.2, 0) is 16.4 Å². The van der Waals surface area contributed by atoms with E-state index in [1.165, 1.54) is 11.6 Å². The van der Waals surface area contributed by atoms with Gasteiger partial charge in [0.2, 0.25) is 10.0 Å². The molecule has 0 heterocycles. The van der Waals surface area contributed by atoms with E-state index in [1.54, 1.807) is 12.1 Å². The monoisotopic (exact) mass is 370 g/mol. The molecule has 1 saturated carbocycles. The Morgan fingerprint density at radius 1 is 1.08 bits per heavy atom. The fraction of sp³-hybridized carbons (Fsp3) is 0.350. The van der Waals surface area contributed by atoms with Gasteiger partial charge in [0.1, 0.15) is 0 Å². The summed E-state index contributed by atoms with van der Waals surface area (Å²) in [6.45, 7) is 1.82. The van der Waals surface area contributed by atoms with E-state index in [0.29, 0.717) is 5.56 Å². The zero-order valence-electron chi connectivity index (χ0n) is 14.7. The van der Waals surface area contributed by atoms with Gasteiger partial charge in [-0.2, -0.15) is 0 Å². The Morgan fingerprint density at radius 2 is 1.85 bits per heavy atom. The Bertz CT molecular complexity index is 965. The Morgan fingerprint density at radius 3 is 2.62 bits per heavy atom. The number of amides is 1. The molecule has 0 aliphatic heterocycles. The number of rotatable bonds is 5. The molecule has 2 aliphatic rings. The molecule has 0 bridgehead atoms. The number of fused-ring (bicyclic) bond motifs is 1. The molecule has 2 N–H and O–H groups in total. The van der Waals surface area contributed by atoms with Crippen molar-refractivity contribution >= 4 is 15.9 Å². The van der Waals surface area contributed by atoms with Crippen molar-refractivity contribution < 1.29 is 13.2 Å². The molecule has 2 aromatic rings. The fourth-order valence-electron chi connectivity index (χ4n) is 3.44. The molecule has 1 amide bonds. The quantitative estimate of drug-likeness (QED) is 0.850. The summed E-state index contributed by atoms with van der Waals surface area (Å²) < 4.78 is 27.5. The lowest BCUT2D eigenvalue weighted by Crippen LogP contribution is -2.29. The second-order valence-corrected chi connectivity index (χ2v) is 8.85. The average molecular weight is 370 g/mol. The zero-order valence-corrected chi connectivity index (χ0v) is 15.5. The summed E-state index contributed by atoms with van der Waals surface area (Å²) in [5.74, 6) is -0.229. The van der Waals surface area contributed by atoms with Gasteiger partial charge in [-0.3, -0.25) is 4.79 Å². The number of carbonyl (C=O) groups excluding carboxylic acids is 1. The summed E-state index contributed by atoms with van der Waals surface area (Å²) in [5, 5.41) is 3.07. The van der Waals surface area contributed by atoms with Gasteiger partial charge < -0.3 is 5.32 Å². The van der Waals surface area contributed by atoms with Crippen LogP contribution < -0.4 is 10.0 Å². The van der Waals surface area contributed by atoms with Gasteiger partial charge in [-0.15, -0.1) is 0 Å². The van der Waals surface area contributed by atoms with Gasteiger partial charge in [-0.1, -0.05) is 30.3 Å². The summed E-state index contributed by atoms with van der Waals surface area (Å²) >= 11 is 0. The third-order valence-electron chi connectivity index (χ3n) is 5.10. The molecule has 4 rings (SSSR count). The summed E-state index contributed by atoms with van der Waals surface area (Å²) in [5.41, 5.74) is 3.59. The van der Waals surface area contributed by atoms with Crippen LogP contribution in [0.3, 0.4) is 0 Å². The molecule has 2 aromatic carbocycles. The van der Waals surface area contributed by atoms with Crippen LogP contribution in [0.2, 0.25) is 0 Å². The van der Waals surface area contributed by atoms with Crippen molar-refractivity contribution in [3.63, 3.8) is 0 Å². The minimum absolute atomic E-state index is 0.0250. The van der Waals surface area contributed by atoms with Crippen molar-refractivity contribution in [3.8, 4) is 0 Å². The third-order valence-corrected chi connectivity index (χ3v) is 6.62. The highest BCUT2D eigenvalue weighted by atomic mass is 32.2. The topological polar surface area (TPSA) is 75.3 Å². The lowest BCUT2D eigenvalue weighted by molar-refractivity contribution is 0.0936. The Hall–Kier alpha value is -2.18. The number of nitrogens with one attached hydrogen (secondary N) is 2. The van der Waals surface area contributed by atoms with Gasteiger partial charge in [0, 0.05) is 11.6 Å². The number of sulfonamides is 1. The van der Waals surface area contributed by atoms with E-state index in [0.717, 1.165) is 36.8 Å². The Balaban J connectivity index is 1.57. The minimum atomic E-state index is -3.58. The minimum Gasteiger partial charge on any atom is -0.345 e. The van der Waals surface area contributed by atoms with Crippen molar-refractivity contribution in [2.24, 2.45) is 0 Å². The SMILES string of the molecule is Cc1ccc(S(=O)(=O)NC2CC2)cc1C(=O)NC1CCc2ccccc21. The maximum Gasteiger partial charge on any atom is 0.252 e. The standard InChI is InChI=1S/C20H22N2O3S/c1-13-6-10-16(26(24,25)22-15-8-9-15)12-18(13)20(23)21-19-11-7-14-4-2-3-5-17(14)19/h2-6,10,12,15,19,22H,7-9,11H2,1H3,(H,21,23). The molecule has 1 atom stereocenters. The van der Waals surface area contributed by atoms with Gasteiger partial charge in [0.15, 0.2) is 0 Å². The number of benzene rings is 2. The largest absolute Gasteiger partial charge is 0.345 e. The third kappa shape index (κ3) is 3.39. The lowest BCUT2D eigenvalue weighted by atomic mass is 10.1. The Kier molecular flexibility index (Phi) is 4.32. The molecule has 136 valence electrons. The Labute approximate surface area is 153 Å². The van der Waals surface area contributed by atoms with Crippen LogP contribution in [0.15, 0.2) is 47.4 Å². The molecule has 5 nitrogen and oxygen atoms in total. The fourth-order valence-corrected chi connectivity index (χ4v) is 4.78. The van der Waals surface area contributed by atoms with Gasteiger partial charge >= 0.3 is 0 Å². The van der Waals surface area contributed by atoms with E-state index in [2.05, 4.69) is 16.1 Å². The van der Waals surface area contributed by atoms with Gasteiger partial charge in [-0.05, 0) is 61.4 Å². The van der Waals surface area contributed by atoms with Crippen LogP contribution >= 0.6 is 0 Å². The van der Waals surface area contributed by atoms with E-state index in [-0.39, 0.29) is 22.9 Å². The summed E-state index contributed by atoms with van der Waals surface area (Å²) in [4.78, 5) is 13.0. The van der Waals surface area contributed by atoms with Crippen LogP contribution in [0.25, 0.3) is 0 Å². The smallest absolute Gasteiger partial charge is 0.252 e. The first-order valence-electron chi connectivity index (χ1n) is 8.96. The van der Waals surface area contributed by atoms with Gasteiger partial charge in [0.25, 0.3) is 5.91 Å². The molecule has 0 radical (unpaired) electrons. The van der Waals surface area contributed by atoms with Crippen LogP contribution in [-0.4, -0.2) is 20.4 Å². The van der Waals surface area contributed by atoms with Gasteiger partial charge in [0.05, 0.1) is 10.9 Å². The van der Waals surface area contributed by atoms with E-state index >= 15 is 0 Å². The number of hydrogen-bond acceptors (Lipinski definition) is 3. The predicted molar refractivity (Wildman–Crippen MR) is 99.5 cm³/mol. The van der Waals surface area contributed by atoms with Crippen LogP contribution in [0.1, 0.15) is 52.4 Å². The molecule has 26 heavy (non-hydrogen) atoms. The van der Waals surface area contributed by atoms with Crippen molar-refractivity contribution in [2.45, 2.75) is 49.6 Å². The molecular weight excluding hydrogens is 348 g/mol. The summed E-state index contributed by atoms with van der Waals surface area (Å²) in [7, 11) is -3.58. The first-order chi connectivity index (χ1) is 12.4. The van der Waals surface area contributed by atoms with Crippen molar-refractivity contribution in [1.82, 2.24) is 10.0 Å². The number of aryl methyl sites for hydroxylation is 2. The maximum atomic E-state index is 12.8. The van der Waals surface area contributed by atoms with Crippen molar-refractivity contribution in [3.05, 3.63) is 64.7 Å². The van der Waals surface area contributed by atoms with Gasteiger partial charge in [-0.25, -0.2) is 13.1 Å². The molecule has 0 aromatic heterocycles. The number of hydrogen-bond donors (Lipinski definition) is 2. The van der Waals surface area contributed by atoms with Crippen molar-refractivity contribution in [2.75, 3.05) is 0 Å². The second-order valence-electron chi connectivity index (χ2n) is 7.14. The molecule has 0 spiro atoms. The second kappa shape index (κ2) is 6.52. The predicted octanol–water partition coefficient (Wildman–Crippen LogP) is 2.85. The highest BCUT2D eigenvalue weighted by molar-refractivity contribution is 7.89. The first kappa shape index (κ1) is 17.2. The highest BCUT2D eigenvalue weighted by Crippen LogP contribution is 2.31. The van der Waals surface area contributed by atoms with E-state index in [1.807, 2.05) is 25.1 Å². The lowest BCUT2D eigenvalue weighted by Gasteiger charge is -2.16. The van der Waals surface area contributed by atoms with Crippen LogP contribution in [0.5, 0.6) is 0 Å². The molecule has 6 heteroatoms.